The molecule has 1 aromatic rings. The number of hydrogen-bond acceptors (Lipinski definition) is 4. The molecule has 0 aliphatic carbocycles. The molecule has 21 heavy (non-hydrogen) atoms. The number of carbonyl (C=O) groups is 3. The van der Waals surface area contributed by atoms with Crippen molar-refractivity contribution < 1.29 is 19.1 Å². The Morgan fingerprint density at radius 2 is 1.86 bits per heavy atom. The van der Waals surface area contributed by atoms with Gasteiger partial charge in [0.1, 0.15) is 0 Å². The van der Waals surface area contributed by atoms with Gasteiger partial charge in [0.2, 0.25) is 0 Å². The molecule has 0 bridgehead atoms. The van der Waals surface area contributed by atoms with Gasteiger partial charge in [0.15, 0.2) is 0 Å². The molecule has 7 heteroatoms. The van der Waals surface area contributed by atoms with Crippen molar-refractivity contribution in [3.05, 3.63) is 35.9 Å². The molecule has 112 valence electrons. The molecule has 0 spiro atoms. The number of amides is 3. The van der Waals surface area contributed by atoms with E-state index in [4.69, 9.17) is 16.2 Å². The lowest BCUT2D eigenvalue weighted by Gasteiger charge is -2.33. The summed E-state index contributed by atoms with van der Waals surface area (Å²) < 4.78 is 5.25. The molecule has 2 rings (SSSR count). The number of nitrogens with two attached hydrogens (primary N) is 2. The van der Waals surface area contributed by atoms with Crippen molar-refractivity contribution in [3.63, 3.8) is 0 Å². The van der Waals surface area contributed by atoms with Crippen LogP contribution < -0.4 is 11.5 Å². The molecule has 1 aliphatic heterocycles. The summed E-state index contributed by atoms with van der Waals surface area (Å²) in [6, 6.07) is 8.09. The number of hydrogen-bond donors (Lipinski definition) is 2. The molecule has 1 atom stereocenters. The van der Waals surface area contributed by atoms with E-state index in [1.807, 2.05) is 6.07 Å². The van der Waals surface area contributed by atoms with Gasteiger partial charge >= 0.3 is 12.0 Å². The fourth-order valence-corrected chi connectivity index (χ4v) is 2.48. The zero-order valence-corrected chi connectivity index (χ0v) is 11.5. The molecular weight excluding hydrogens is 274 g/mol. The summed E-state index contributed by atoms with van der Waals surface area (Å²) in [5.74, 6) is -1.52. The van der Waals surface area contributed by atoms with Gasteiger partial charge in [-0.25, -0.2) is 4.79 Å². The number of primary amides is 2. The summed E-state index contributed by atoms with van der Waals surface area (Å²) in [6.07, 6.45) is 0.638. The van der Waals surface area contributed by atoms with Crippen LogP contribution in [0.15, 0.2) is 30.3 Å². The fourth-order valence-electron chi connectivity index (χ4n) is 2.48. The molecule has 3 amide bonds. The number of urea groups is 1. The lowest BCUT2D eigenvalue weighted by molar-refractivity contribution is -0.179. The van der Waals surface area contributed by atoms with Gasteiger partial charge in [0, 0.05) is 13.0 Å². The Bertz CT molecular complexity index is 561. The Kier molecular flexibility index (Phi) is 4.11. The van der Waals surface area contributed by atoms with Crippen LogP contribution in [0.1, 0.15) is 18.4 Å². The minimum absolute atomic E-state index is 0.0114. The smallest absolute Gasteiger partial charge is 0.318 e. The SMILES string of the molecule is NC(=O)N1CCCC1(OC(=O)Cc1ccccc1)C(N)=O. The van der Waals surface area contributed by atoms with E-state index < -0.39 is 23.6 Å². The third kappa shape index (κ3) is 2.96. The van der Waals surface area contributed by atoms with Gasteiger partial charge < -0.3 is 16.2 Å². The van der Waals surface area contributed by atoms with Gasteiger partial charge in [0.05, 0.1) is 6.42 Å². The summed E-state index contributed by atoms with van der Waals surface area (Å²) >= 11 is 0. The predicted molar refractivity (Wildman–Crippen MR) is 73.7 cm³/mol. The Balaban J connectivity index is 2.15. The number of benzene rings is 1. The Labute approximate surface area is 121 Å². The number of likely N-dealkylation sites (tertiary alicyclic amines) is 1. The minimum Gasteiger partial charge on any atom is -0.429 e. The normalized spacial score (nSPS) is 21.0. The molecule has 7 nitrogen and oxygen atoms in total. The maximum absolute atomic E-state index is 12.0. The van der Waals surface area contributed by atoms with Crippen molar-refractivity contribution in [2.75, 3.05) is 6.54 Å². The second-order valence-corrected chi connectivity index (χ2v) is 4.88. The summed E-state index contributed by atoms with van der Waals surface area (Å²) in [5.41, 5.74) is 9.54. The number of esters is 1. The second-order valence-electron chi connectivity index (χ2n) is 4.88. The van der Waals surface area contributed by atoms with Crippen molar-refractivity contribution in [3.8, 4) is 0 Å². The van der Waals surface area contributed by atoms with E-state index in [1.54, 1.807) is 24.3 Å². The summed E-state index contributed by atoms with van der Waals surface area (Å²) in [6.45, 7) is 0.233. The molecule has 1 aromatic carbocycles. The average Bonchev–Trinajstić information content (AvgIpc) is 2.84. The van der Waals surface area contributed by atoms with E-state index in [2.05, 4.69) is 0 Å². The predicted octanol–water partition coefficient (Wildman–Crippen LogP) is 0.128. The third-order valence-electron chi connectivity index (χ3n) is 3.46. The molecule has 0 aromatic heterocycles. The molecule has 0 saturated carbocycles. The molecular formula is C14H17N3O4. The first-order valence-corrected chi connectivity index (χ1v) is 6.58. The summed E-state index contributed by atoms with van der Waals surface area (Å²) in [5, 5.41) is 0. The lowest BCUT2D eigenvalue weighted by Crippen LogP contribution is -2.60. The Hall–Kier alpha value is -2.57. The molecule has 1 fully saturated rings. The van der Waals surface area contributed by atoms with Crippen molar-refractivity contribution in [2.45, 2.75) is 25.0 Å². The first kappa shape index (κ1) is 14.8. The third-order valence-corrected chi connectivity index (χ3v) is 3.46. The van der Waals surface area contributed by atoms with E-state index in [0.29, 0.717) is 6.42 Å². The van der Waals surface area contributed by atoms with Crippen LogP contribution in [-0.4, -0.2) is 35.1 Å². The molecule has 1 unspecified atom stereocenters. The molecule has 1 aliphatic rings. The summed E-state index contributed by atoms with van der Waals surface area (Å²) in [4.78, 5) is 36.2. The average molecular weight is 291 g/mol. The van der Waals surface area contributed by atoms with Crippen LogP contribution in [0.4, 0.5) is 4.79 Å². The zero-order valence-electron chi connectivity index (χ0n) is 11.5. The lowest BCUT2D eigenvalue weighted by atomic mass is 10.1. The molecule has 1 saturated heterocycles. The van der Waals surface area contributed by atoms with Crippen molar-refractivity contribution in [2.24, 2.45) is 11.5 Å². The maximum Gasteiger partial charge on any atom is 0.318 e. The van der Waals surface area contributed by atoms with Gasteiger partial charge in [-0.2, -0.15) is 0 Å². The molecule has 4 N–H and O–H groups in total. The highest BCUT2D eigenvalue weighted by atomic mass is 16.6. The van der Waals surface area contributed by atoms with Crippen molar-refractivity contribution >= 4 is 17.9 Å². The Morgan fingerprint density at radius 1 is 1.19 bits per heavy atom. The van der Waals surface area contributed by atoms with Gasteiger partial charge in [-0.1, -0.05) is 30.3 Å². The summed E-state index contributed by atoms with van der Waals surface area (Å²) in [7, 11) is 0. The van der Waals surface area contributed by atoms with Crippen LogP contribution >= 0.6 is 0 Å². The van der Waals surface area contributed by atoms with Gasteiger partial charge in [-0.3, -0.25) is 14.5 Å². The minimum atomic E-state index is -1.77. The van der Waals surface area contributed by atoms with Gasteiger partial charge in [0.25, 0.3) is 11.6 Å². The van der Waals surface area contributed by atoms with Gasteiger partial charge in [-0.15, -0.1) is 0 Å². The first-order valence-electron chi connectivity index (χ1n) is 6.58. The Morgan fingerprint density at radius 3 is 2.43 bits per heavy atom. The molecule has 1 heterocycles. The quantitative estimate of drug-likeness (QED) is 0.767. The van der Waals surface area contributed by atoms with Crippen LogP contribution in [0, 0.1) is 0 Å². The van der Waals surface area contributed by atoms with E-state index in [9.17, 15) is 14.4 Å². The standard InChI is InChI=1S/C14H17N3O4/c15-12(19)14(7-4-8-17(14)13(16)20)21-11(18)9-10-5-2-1-3-6-10/h1-3,5-6H,4,7-9H2,(H2,15,19)(H2,16,20). The van der Waals surface area contributed by atoms with E-state index >= 15 is 0 Å². The number of ether oxygens (including phenoxy) is 1. The number of carbonyl (C=O) groups excluding carboxylic acids is 3. The maximum atomic E-state index is 12.0. The van der Waals surface area contributed by atoms with Crippen LogP contribution in [0.2, 0.25) is 0 Å². The molecule has 0 radical (unpaired) electrons. The van der Waals surface area contributed by atoms with Crippen LogP contribution in [0.3, 0.4) is 0 Å². The zero-order chi connectivity index (χ0) is 15.5. The largest absolute Gasteiger partial charge is 0.429 e. The highest BCUT2D eigenvalue weighted by Gasteiger charge is 2.51. The monoisotopic (exact) mass is 291 g/mol. The van der Waals surface area contributed by atoms with Crippen LogP contribution in [0.5, 0.6) is 0 Å². The fraction of sp³-hybridized carbons (Fsp3) is 0.357. The second kappa shape index (κ2) is 5.82. The van der Waals surface area contributed by atoms with Crippen molar-refractivity contribution in [1.82, 2.24) is 4.90 Å². The van der Waals surface area contributed by atoms with E-state index in [0.717, 1.165) is 10.5 Å². The van der Waals surface area contributed by atoms with Gasteiger partial charge in [-0.05, 0) is 12.0 Å². The number of nitrogens with zero attached hydrogens (tertiary/aromatic N) is 1. The van der Waals surface area contributed by atoms with E-state index in [1.165, 1.54) is 0 Å². The topological polar surface area (TPSA) is 116 Å². The van der Waals surface area contributed by atoms with Crippen LogP contribution in [0.25, 0.3) is 0 Å². The first-order chi connectivity index (χ1) is 9.95. The van der Waals surface area contributed by atoms with Crippen molar-refractivity contribution in [1.29, 1.82) is 0 Å². The van der Waals surface area contributed by atoms with Crippen LogP contribution in [-0.2, 0) is 20.7 Å². The van der Waals surface area contributed by atoms with E-state index in [-0.39, 0.29) is 19.4 Å². The highest BCUT2D eigenvalue weighted by Crippen LogP contribution is 2.30. The number of rotatable bonds is 4. The highest BCUT2D eigenvalue weighted by molar-refractivity contribution is 5.91.